The van der Waals surface area contributed by atoms with E-state index >= 15 is 0 Å². The first-order chi connectivity index (χ1) is 22.1. The van der Waals surface area contributed by atoms with E-state index in [9.17, 15) is 24.3 Å². The van der Waals surface area contributed by atoms with Gasteiger partial charge in [0.1, 0.15) is 17.7 Å². The van der Waals surface area contributed by atoms with Gasteiger partial charge in [0.05, 0.1) is 24.0 Å². The highest BCUT2D eigenvalue weighted by Gasteiger charge is 2.77. The topological polar surface area (TPSA) is 125 Å². The molecule has 3 amide bonds. The highest BCUT2D eigenvalue weighted by atomic mass is 79.9. The molecule has 3 fully saturated rings. The minimum Gasteiger partial charge on any atom is -0.455 e. The summed E-state index contributed by atoms with van der Waals surface area (Å²) in [5.74, 6) is -3.29. The van der Waals surface area contributed by atoms with E-state index in [2.05, 4.69) is 41.3 Å². The van der Waals surface area contributed by atoms with Crippen molar-refractivity contribution < 1.29 is 33.8 Å². The van der Waals surface area contributed by atoms with E-state index in [0.29, 0.717) is 31.5 Å². The number of hydrogen-bond donors (Lipinski definition) is 2. The molecule has 11 heteroatoms. The quantitative estimate of drug-likeness (QED) is 0.102. The van der Waals surface area contributed by atoms with Gasteiger partial charge in [-0.1, -0.05) is 78.2 Å². The van der Waals surface area contributed by atoms with Crippen LogP contribution in [0.15, 0.2) is 55.6 Å². The van der Waals surface area contributed by atoms with E-state index < -0.39 is 47.7 Å². The summed E-state index contributed by atoms with van der Waals surface area (Å²) in [7, 11) is 0. The minimum atomic E-state index is -1.23. The van der Waals surface area contributed by atoms with Crippen LogP contribution in [0.4, 0.5) is 0 Å². The maximum absolute atomic E-state index is 14.4. The number of alkyl halides is 1. The average Bonchev–Trinajstić information content (AvgIpc) is 3.64. The fourth-order valence-electron chi connectivity index (χ4n) is 7.27. The molecule has 0 aliphatic carbocycles. The first-order valence-electron chi connectivity index (χ1n) is 16.4. The van der Waals surface area contributed by atoms with Crippen LogP contribution in [-0.4, -0.2) is 93.5 Å². The number of carbonyl (C=O) groups is 4. The maximum atomic E-state index is 14.4. The van der Waals surface area contributed by atoms with Crippen molar-refractivity contribution in [2.45, 2.75) is 93.5 Å². The van der Waals surface area contributed by atoms with Crippen molar-refractivity contribution in [1.82, 2.24) is 15.1 Å². The molecule has 252 valence electrons. The van der Waals surface area contributed by atoms with Gasteiger partial charge in [-0.25, -0.2) is 0 Å². The molecule has 2 N–H and O–H groups in total. The number of allylic oxidation sites excluding steroid dienone is 1. The van der Waals surface area contributed by atoms with Crippen LogP contribution in [-0.2, 0) is 28.7 Å². The van der Waals surface area contributed by atoms with Crippen LogP contribution in [0.2, 0.25) is 0 Å². The van der Waals surface area contributed by atoms with Crippen LogP contribution in [0.5, 0.6) is 0 Å². The second kappa shape index (κ2) is 16.2. The summed E-state index contributed by atoms with van der Waals surface area (Å²) in [4.78, 5) is 58.4. The maximum Gasteiger partial charge on any atom is 0.313 e. The van der Waals surface area contributed by atoms with Gasteiger partial charge in [0.25, 0.3) is 0 Å². The zero-order chi connectivity index (χ0) is 33.4. The SMILES string of the molecule is C=CCCC(=O)N[C@@H](C)[C@H](OC(=O)[C@H]1[C@@H]2O[C@@]3(CC2Br)[C@@H]1C(=O)N(CCCO)[C@@H]3C(=O)N(CC=C)CCCCC)c1ccccc1. The standard InChI is InChI=1S/C35H48BrN3O7/c1-5-8-13-19-38(18-7-3)33(43)31-35-22-25(36)30(46-35)27(28(35)32(42)39(31)20-14-21-40)34(44)45-29(24-15-11-10-12-16-24)23(4)37-26(41)17-9-6-2/h6-7,10-12,15-16,23,25,27-31,40H,2-3,5,8-9,13-14,17-22H2,1,4H3,(H,37,41)/t23-,25?,27+,28-,29-,30+,31+,35-/m0/s1. The van der Waals surface area contributed by atoms with Gasteiger partial charge >= 0.3 is 5.97 Å². The number of rotatable bonds is 18. The number of unbranched alkanes of at least 4 members (excludes halogenated alkanes) is 2. The Morgan fingerprint density at radius 1 is 1.22 bits per heavy atom. The first-order valence-corrected chi connectivity index (χ1v) is 17.3. The van der Waals surface area contributed by atoms with Crippen molar-refractivity contribution in [3.05, 3.63) is 61.2 Å². The van der Waals surface area contributed by atoms with Crippen molar-refractivity contribution in [1.29, 1.82) is 0 Å². The number of aliphatic hydroxyl groups excluding tert-OH is 1. The van der Waals surface area contributed by atoms with Crippen LogP contribution < -0.4 is 5.32 Å². The fourth-order valence-corrected chi connectivity index (χ4v) is 8.22. The van der Waals surface area contributed by atoms with Crippen LogP contribution in [0.3, 0.4) is 0 Å². The molecule has 1 spiro atoms. The number of aliphatic hydroxyl groups is 1. The number of fused-ring (bicyclic) bond motifs is 1. The molecule has 3 saturated heterocycles. The summed E-state index contributed by atoms with van der Waals surface area (Å²) in [5.41, 5.74) is -0.535. The van der Waals surface area contributed by atoms with E-state index in [-0.39, 0.29) is 48.5 Å². The van der Waals surface area contributed by atoms with Crippen LogP contribution >= 0.6 is 15.9 Å². The third kappa shape index (κ3) is 7.26. The average molecular weight is 703 g/mol. The largest absolute Gasteiger partial charge is 0.455 e. The van der Waals surface area contributed by atoms with Gasteiger partial charge in [0.15, 0.2) is 0 Å². The molecular formula is C35H48BrN3O7. The van der Waals surface area contributed by atoms with Gasteiger partial charge < -0.3 is 29.7 Å². The molecule has 3 aliphatic rings. The Kier molecular flexibility index (Phi) is 12.6. The van der Waals surface area contributed by atoms with E-state index in [1.807, 2.05) is 30.3 Å². The molecule has 0 radical (unpaired) electrons. The van der Waals surface area contributed by atoms with E-state index in [1.165, 1.54) is 4.90 Å². The lowest BCUT2D eigenvalue weighted by atomic mass is 9.70. The number of carbonyl (C=O) groups excluding carboxylic acids is 4. The fraction of sp³-hybridized carbons (Fsp3) is 0.600. The number of amides is 3. The van der Waals surface area contributed by atoms with Crippen LogP contribution in [0.1, 0.15) is 70.5 Å². The molecule has 1 unspecified atom stereocenters. The number of likely N-dealkylation sites (tertiary alicyclic amines) is 1. The van der Waals surface area contributed by atoms with E-state index in [4.69, 9.17) is 9.47 Å². The molecular weight excluding hydrogens is 654 g/mol. The molecule has 46 heavy (non-hydrogen) atoms. The Bertz CT molecular complexity index is 1260. The molecule has 0 aromatic heterocycles. The number of nitrogens with one attached hydrogen (secondary N) is 1. The molecule has 1 aromatic rings. The van der Waals surface area contributed by atoms with Crippen molar-refractivity contribution in [2.24, 2.45) is 11.8 Å². The van der Waals surface area contributed by atoms with Gasteiger partial charge in [-0.2, -0.15) is 0 Å². The molecule has 8 atom stereocenters. The molecule has 1 aromatic carbocycles. The predicted molar refractivity (Wildman–Crippen MR) is 178 cm³/mol. The second-order valence-electron chi connectivity index (χ2n) is 12.5. The number of hydrogen-bond acceptors (Lipinski definition) is 7. The number of benzene rings is 1. The number of esters is 1. The third-order valence-corrected chi connectivity index (χ3v) is 10.2. The summed E-state index contributed by atoms with van der Waals surface area (Å²) in [6, 6.07) is 7.66. The summed E-state index contributed by atoms with van der Waals surface area (Å²) >= 11 is 3.71. The van der Waals surface area contributed by atoms with Crippen molar-refractivity contribution in [3.63, 3.8) is 0 Å². The smallest absolute Gasteiger partial charge is 0.313 e. The highest BCUT2D eigenvalue weighted by molar-refractivity contribution is 9.09. The second-order valence-corrected chi connectivity index (χ2v) is 13.7. The van der Waals surface area contributed by atoms with Crippen molar-refractivity contribution in [2.75, 3.05) is 26.2 Å². The van der Waals surface area contributed by atoms with Crippen molar-refractivity contribution in [3.8, 4) is 0 Å². The Hall–Kier alpha value is -3.02. The van der Waals surface area contributed by atoms with Gasteiger partial charge in [0.2, 0.25) is 17.7 Å². The summed E-state index contributed by atoms with van der Waals surface area (Å²) in [5, 5.41) is 12.6. The lowest BCUT2D eigenvalue weighted by Crippen LogP contribution is -2.57. The monoisotopic (exact) mass is 701 g/mol. The minimum absolute atomic E-state index is 0.152. The van der Waals surface area contributed by atoms with Gasteiger partial charge in [-0.05, 0) is 38.2 Å². The zero-order valence-corrected chi connectivity index (χ0v) is 28.5. The number of halogens is 1. The zero-order valence-electron chi connectivity index (χ0n) is 26.9. The van der Waals surface area contributed by atoms with Gasteiger partial charge in [0, 0.05) is 37.5 Å². The summed E-state index contributed by atoms with van der Waals surface area (Å²) < 4.78 is 12.8. The van der Waals surface area contributed by atoms with Crippen LogP contribution in [0, 0.1) is 11.8 Å². The first kappa shape index (κ1) is 35.8. The Balaban J connectivity index is 1.66. The molecule has 10 nitrogen and oxygen atoms in total. The molecule has 3 heterocycles. The molecule has 3 aliphatic heterocycles. The normalized spacial score (nSPS) is 27.5. The molecule has 2 bridgehead atoms. The summed E-state index contributed by atoms with van der Waals surface area (Å²) in [6.45, 7) is 12.2. The third-order valence-electron chi connectivity index (χ3n) is 9.33. The summed E-state index contributed by atoms with van der Waals surface area (Å²) in [6.07, 6.45) is 6.03. The van der Waals surface area contributed by atoms with Crippen molar-refractivity contribution >= 4 is 39.6 Å². The highest BCUT2D eigenvalue weighted by Crippen LogP contribution is 2.60. The van der Waals surface area contributed by atoms with Crippen LogP contribution in [0.25, 0.3) is 0 Å². The number of ether oxygens (including phenoxy) is 2. The van der Waals surface area contributed by atoms with Gasteiger partial charge in [-0.3, -0.25) is 19.2 Å². The lowest BCUT2D eigenvalue weighted by Gasteiger charge is -2.37. The Labute approximate surface area is 280 Å². The predicted octanol–water partition coefficient (Wildman–Crippen LogP) is 4.08. The Morgan fingerprint density at radius 3 is 2.61 bits per heavy atom. The van der Waals surface area contributed by atoms with Gasteiger partial charge in [-0.15, -0.1) is 13.2 Å². The molecule has 4 rings (SSSR count). The molecule has 0 saturated carbocycles. The van der Waals surface area contributed by atoms with E-state index in [0.717, 1.165) is 19.3 Å². The lowest BCUT2D eigenvalue weighted by molar-refractivity contribution is -0.162. The number of nitrogens with zero attached hydrogens (tertiary/aromatic N) is 2. The van der Waals surface area contributed by atoms with E-state index in [1.54, 1.807) is 24.0 Å². The Morgan fingerprint density at radius 2 is 1.96 bits per heavy atom.